The van der Waals surface area contributed by atoms with E-state index in [-0.39, 0.29) is 17.5 Å². The maximum absolute atomic E-state index is 13.0. The van der Waals surface area contributed by atoms with Crippen LogP contribution in [0.15, 0.2) is 52.1 Å². The molecule has 11 nitrogen and oxygen atoms in total. The normalized spacial score (nSPS) is 15.3. The Hall–Kier alpha value is -3.33. The molecule has 0 spiro atoms. The van der Waals surface area contributed by atoms with E-state index < -0.39 is 10.0 Å². The van der Waals surface area contributed by atoms with Gasteiger partial charge in [-0.3, -0.25) is 0 Å². The molecule has 3 aromatic heterocycles. The Morgan fingerprint density at radius 3 is 2.71 bits per heavy atom. The van der Waals surface area contributed by atoms with E-state index in [9.17, 15) is 8.42 Å². The molecule has 0 amide bonds. The smallest absolute Gasteiger partial charge is 0.240 e. The second-order valence-electron chi connectivity index (χ2n) is 9.56. The van der Waals surface area contributed by atoms with Gasteiger partial charge in [0.15, 0.2) is 0 Å². The number of unbranched alkanes of at least 4 members (excludes halogenated alkanes) is 1. The van der Waals surface area contributed by atoms with Crippen LogP contribution in [0.1, 0.15) is 38.3 Å². The van der Waals surface area contributed by atoms with Crippen molar-refractivity contribution in [2.45, 2.75) is 50.1 Å². The Labute approximate surface area is 248 Å². The summed E-state index contributed by atoms with van der Waals surface area (Å²) in [4.78, 5) is 22.1. The summed E-state index contributed by atoms with van der Waals surface area (Å²) in [6.07, 6.45) is 3.77. The summed E-state index contributed by atoms with van der Waals surface area (Å²) in [7, 11) is -2.20. The molecule has 1 aromatic carbocycles. The maximum atomic E-state index is 13.0. The van der Waals surface area contributed by atoms with Crippen LogP contribution in [0.25, 0.3) is 9.88 Å². The average molecular weight is 615 g/mol. The quantitative estimate of drug-likeness (QED) is 0.170. The minimum Gasteiger partial charge on any atom is -0.497 e. The van der Waals surface area contributed by atoms with E-state index in [1.54, 1.807) is 40.9 Å². The van der Waals surface area contributed by atoms with E-state index in [2.05, 4.69) is 38.2 Å². The molecule has 1 aliphatic heterocycles. The molecule has 5 rings (SSSR count). The van der Waals surface area contributed by atoms with E-state index in [1.807, 2.05) is 16.8 Å². The lowest BCUT2D eigenvalue weighted by molar-refractivity contribution is 0.413. The second kappa shape index (κ2) is 13.6. The topological polar surface area (TPSA) is 134 Å². The van der Waals surface area contributed by atoms with E-state index in [1.165, 1.54) is 13.2 Å². The third-order valence-electron chi connectivity index (χ3n) is 6.64. The molecule has 0 aliphatic carbocycles. The van der Waals surface area contributed by atoms with Crippen LogP contribution in [0.3, 0.4) is 0 Å². The standard InChI is InChI=1S/C27H34N8O3S3/c1-3-4-12-28-25-32-26(29-16-19-18-40-24(31-19)23-11-7-14-39-23)34-27(33-25)35-13-6-8-20(35)17-30-41(36,37)22-10-5-9-21(15-22)38-2/h5,7,9-11,14-15,18,20,30H,3-4,6,8,12-13,16-17H2,1-2H3,(H2,28,29,32,33,34)/t20-/m1/s1. The molecular formula is C27H34N8O3S3. The summed E-state index contributed by atoms with van der Waals surface area (Å²) in [6.45, 7) is 4.31. The summed E-state index contributed by atoms with van der Waals surface area (Å²) in [5.41, 5.74) is 0.909. The zero-order valence-electron chi connectivity index (χ0n) is 23.0. The van der Waals surface area contributed by atoms with E-state index in [4.69, 9.17) is 19.7 Å². The van der Waals surface area contributed by atoms with E-state index in [0.717, 1.165) is 54.4 Å². The number of thiazole rings is 1. The third-order valence-corrected chi connectivity index (χ3v) is 9.99. The lowest BCUT2D eigenvalue weighted by Gasteiger charge is -2.25. The fraction of sp³-hybridized carbons (Fsp3) is 0.407. The molecule has 218 valence electrons. The Bertz CT molecular complexity index is 1530. The van der Waals surface area contributed by atoms with Crippen molar-refractivity contribution in [3.05, 3.63) is 52.9 Å². The van der Waals surface area contributed by atoms with Gasteiger partial charge in [-0.25, -0.2) is 18.1 Å². The number of nitrogens with one attached hydrogen (secondary N) is 3. The number of hydrogen-bond donors (Lipinski definition) is 3. The molecule has 0 saturated carbocycles. The van der Waals surface area contributed by atoms with Crippen LogP contribution >= 0.6 is 22.7 Å². The van der Waals surface area contributed by atoms with Crippen molar-refractivity contribution in [3.8, 4) is 15.6 Å². The Balaban J connectivity index is 1.30. The highest BCUT2D eigenvalue weighted by atomic mass is 32.2. The lowest BCUT2D eigenvalue weighted by Crippen LogP contribution is -2.41. The average Bonchev–Trinajstić information content (AvgIpc) is 3.77. The maximum Gasteiger partial charge on any atom is 0.240 e. The van der Waals surface area contributed by atoms with Crippen LogP contribution in [-0.4, -0.2) is 61.1 Å². The highest BCUT2D eigenvalue weighted by Crippen LogP contribution is 2.28. The first-order valence-corrected chi connectivity index (χ1v) is 16.8. The molecule has 4 heterocycles. The lowest BCUT2D eigenvalue weighted by atomic mass is 10.2. The number of methoxy groups -OCH3 is 1. The summed E-state index contributed by atoms with van der Waals surface area (Å²) < 4.78 is 34.0. The van der Waals surface area contributed by atoms with Gasteiger partial charge in [-0.1, -0.05) is 25.5 Å². The van der Waals surface area contributed by atoms with Crippen molar-refractivity contribution in [2.24, 2.45) is 0 Å². The largest absolute Gasteiger partial charge is 0.497 e. The van der Waals surface area contributed by atoms with Crippen molar-refractivity contribution in [3.63, 3.8) is 0 Å². The zero-order chi connectivity index (χ0) is 28.7. The van der Waals surface area contributed by atoms with Gasteiger partial charge in [0.05, 0.1) is 29.1 Å². The Morgan fingerprint density at radius 2 is 1.93 bits per heavy atom. The SMILES string of the molecule is CCCCNc1nc(NCc2csc(-c3cccs3)n2)nc(N2CCC[C@@H]2CNS(=O)(=O)c2cccc(OC)c2)n1. The summed E-state index contributed by atoms with van der Waals surface area (Å²) in [5.74, 6) is 1.94. The van der Waals surface area contributed by atoms with Crippen LogP contribution in [0.2, 0.25) is 0 Å². The second-order valence-corrected chi connectivity index (χ2v) is 13.1. The highest BCUT2D eigenvalue weighted by Gasteiger charge is 2.29. The monoisotopic (exact) mass is 614 g/mol. The summed E-state index contributed by atoms with van der Waals surface area (Å²) >= 11 is 3.28. The van der Waals surface area contributed by atoms with Gasteiger partial charge in [-0.2, -0.15) is 15.0 Å². The summed E-state index contributed by atoms with van der Waals surface area (Å²) in [5, 5.41) is 11.7. The van der Waals surface area contributed by atoms with Gasteiger partial charge < -0.3 is 20.3 Å². The fourth-order valence-corrected chi connectivity index (χ4v) is 7.21. The van der Waals surface area contributed by atoms with E-state index >= 15 is 0 Å². The molecule has 1 aliphatic rings. The number of sulfonamides is 1. The minimum absolute atomic E-state index is 0.0963. The van der Waals surface area contributed by atoms with Crippen molar-refractivity contribution >= 4 is 50.5 Å². The predicted molar refractivity (Wildman–Crippen MR) is 165 cm³/mol. The minimum atomic E-state index is -3.71. The van der Waals surface area contributed by atoms with Crippen LogP contribution in [0.5, 0.6) is 5.75 Å². The number of benzene rings is 1. The summed E-state index contributed by atoms with van der Waals surface area (Å²) in [6, 6.07) is 10.4. The van der Waals surface area contributed by atoms with Crippen molar-refractivity contribution in [1.82, 2.24) is 24.7 Å². The van der Waals surface area contributed by atoms with Crippen LogP contribution < -0.4 is 25.0 Å². The van der Waals surface area contributed by atoms with Gasteiger partial charge in [0.25, 0.3) is 0 Å². The molecule has 1 saturated heterocycles. The van der Waals surface area contributed by atoms with Crippen LogP contribution in [0.4, 0.5) is 17.8 Å². The molecule has 0 unspecified atom stereocenters. The van der Waals surface area contributed by atoms with Crippen molar-refractivity contribution in [2.75, 3.05) is 42.3 Å². The van der Waals surface area contributed by atoms with Gasteiger partial charge in [-0.05, 0) is 42.8 Å². The van der Waals surface area contributed by atoms with Crippen LogP contribution in [-0.2, 0) is 16.6 Å². The van der Waals surface area contributed by atoms with Crippen LogP contribution in [0, 0.1) is 0 Å². The molecule has 0 radical (unpaired) electrons. The molecule has 0 bridgehead atoms. The number of thiophene rings is 1. The first kappa shape index (κ1) is 29.2. The molecule has 14 heteroatoms. The number of hydrogen-bond acceptors (Lipinski definition) is 12. The zero-order valence-corrected chi connectivity index (χ0v) is 25.5. The van der Waals surface area contributed by atoms with Gasteiger partial charge in [-0.15, -0.1) is 22.7 Å². The number of anilines is 3. The molecule has 3 N–H and O–H groups in total. The van der Waals surface area contributed by atoms with Crippen molar-refractivity contribution in [1.29, 1.82) is 0 Å². The molecular weight excluding hydrogens is 581 g/mol. The highest BCUT2D eigenvalue weighted by molar-refractivity contribution is 7.89. The van der Waals surface area contributed by atoms with Crippen molar-refractivity contribution < 1.29 is 13.2 Å². The number of rotatable bonds is 14. The van der Waals surface area contributed by atoms with Gasteiger partial charge >= 0.3 is 0 Å². The van der Waals surface area contributed by atoms with E-state index in [0.29, 0.717) is 30.1 Å². The predicted octanol–water partition coefficient (Wildman–Crippen LogP) is 4.84. The molecule has 1 fully saturated rings. The van der Waals surface area contributed by atoms with Gasteiger partial charge in [0.2, 0.25) is 27.9 Å². The van der Waals surface area contributed by atoms with Gasteiger partial charge in [0.1, 0.15) is 10.8 Å². The first-order valence-electron chi connectivity index (χ1n) is 13.6. The Morgan fingerprint density at radius 1 is 1.07 bits per heavy atom. The molecule has 1 atom stereocenters. The Kier molecular flexibility index (Phi) is 9.64. The number of ether oxygens (including phenoxy) is 1. The van der Waals surface area contributed by atoms with Gasteiger partial charge in [0, 0.05) is 37.1 Å². The molecule has 4 aromatic rings. The first-order chi connectivity index (χ1) is 19.9. The number of nitrogens with zero attached hydrogens (tertiary/aromatic N) is 5. The fourth-order valence-electron chi connectivity index (χ4n) is 4.47. The number of aromatic nitrogens is 4. The third kappa shape index (κ3) is 7.50. The molecule has 41 heavy (non-hydrogen) atoms.